The maximum absolute atomic E-state index is 12.4. The Morgan fingerprint density at radius 1 is 1.16 bits per heavy atom. The highest BCUT2D eigenvalue weighted by atomic mass is 19.4. The van der Waals surface area contributed by atoms with Crippen LogP contribution in [0.25, 0.3) is 0 Å². The quantitative estimate of drug-likeness (QED) is 0.341. The number of hydrogen-bond acceptors (Lipinski definition) is 3. The molecule has 0 radical (unpaired) electrons. The van der Waals surface area contributed by atoms with Crippen LogP contribution in [0.1, 0.15) is 26.2 Å². The summed E-state index contributed by atoms with van der Waals surface area (Å²) in [4.78, 5) is 17.4. The van der Waals surface area contributed by atoms with Gasteiger partial charge in [-0.2, -0.15) is 13.2 Å². The minimum absolute atomic E-state index is 0.111. The molecule has 1 saturated carbocycles. The van der Waals surface area contributed by atoms with Crippen LogP contribution < -0.4 is 16.0 Å². The zero-order valence-corrected chi connectivity index (χ0v) is 14.7. The van der Waals surface area contributed by atoms with Gasteiger partial charge in [-0.1, -0.05) is 0 Å². The number of carbonyl (C=O) groups is 1. The molecule has 1 unspecified atom stereocenters. The Morgan fingerprint density at radius 3 is 2.52 bits per heavy atom. The number of hydrogen-bond donors (Lipinski definition) is 3. The Kier molecular flexibility index (Phi) is 7.34. The van der Waals surface area contributed by atoms with Crippen molar-refractivity contribution in [2.45, 2.75) is 32.4 Å². The Balaban J connectivity index is 1.67. The molecule has 9 heteroatoms. The Morgan fingerprint density at radius 2 is 1.88 bits per heavy atom. The summed E-state index contributed by atoms with van der Waals surface area (Å²) in [5.74, 6) is 1.09. The summed E-state index contributed by atoms with van der Waals surface area (Å²) in [6.45, 7) is 4.30. The molecule has 1 saturated heterocycles. The van der Waals surface area contributed by atoms with Crippen molar-refractivity contribution in [3.63, 3.8) is 0 Å². The maximum atomic E-state index is 12.4. The molecule has 1 atom stereocenters. The highest BCUT2D eigenvalue weighted by Gasteiger charge is 2.34. The molecule has 0 spiro atoms. The van der Waals surface area contributed by atoms with Crippen molar-refractivity contribution >= 4 is 11.9 Å². The lowest BCUT2D eigenvalue weighted by molar-refractivity contribution is -0.143. The smallest absolute Gasteiger partial charge is 0.357 e. The number of amides is 1. The summed E-state index contributed by atoms with van der Waals surface area (Å²) in [6.07, 6.45) is -1.44. The molecule has 0 bridgehead atoms. The molecule has 1 amide bonds. The van der Waals surface area contributed by atoms with E-state index in [1.165, 1.54) is 4.90 Å². The fraction of sp³-hybridized carbons (Fsp3) is 0.875. The number of aliphatic imine (C=N–C) groups is 1. The van der Waals surface area contributed by atoms with E-state index in [-0.39, 0.29) is 17.7 Å². The lowest BCUT2D eigenvalue weighted by atomic mass is 10.1. The number of alkyl halides is 3. The van der Waals surface area contributed by atoms with Gasteiger partial charge in [0.2, 0.25) is 5.91 Å². The van der Waals surface area contributed by atoms with Crippen LogP contribution in [0, 0.1) is 11.8 Å². The van der Waals surface area contributed by atoms with Crippen molar-refractivity contribution in [1.29, 1.82) is 0 Å². The van der Waals surface area contributed by atoms with Crippen molar-refractivity contribution < 1.29 is 18.0 Å². The molecular weight excluding hydrogens is 335 g/mol. The van der Waals surface area contributed by atoms with E-state index in [2.05, 4.69) is 20.9 Å². The summed E-state index contributed by atoms with van der Waals surface area (Å²) in [6, 6.07) is 0. The number of halogens is 3. The SMILES string of the molecule is CCNC(=NCC1CCN(CC(F)(F)F)C1)NCCNC(=O)C1CC1. The van der Waals surface area contributed by atoms with E-state index in [4.69, 9.17) is 0 Å². The standard InChI is InChI=1S/C16H28F3N5O/c1-2-20-15(22-7-6-21-14(25)13-3-4-13)23-9-12-5-8-24(10-12)11-16(17,18)19/h12-13H,2-11H2,1H3,(H,21,25)(H2,20,22,23). The van der Waals surface area contributed by atoms with E-state index in [0.29, 0.717) is 45.2 Å². The number of carbonyl (C=O) groups excluding carboxylic acids is 1. The fourth-order valence-electron chi connectivity index (χ4n) is 2.88. The average molecular weight is 363 g/mol. The summed E-state index contributed by atoms with van der Waals surface area (Å²) >= 11 is 0. The summed E-state index contributed by atoms with van der Waals surface area (Å²) in [5.41, 5.74) is 0. The Hall–Kier alpha value is -1.51. The largest absolute Gasteiger partial charge is 0.401 e. The van der Waals surface area contributed by atoms with Gasteiger partial charge in [-0.15, -0.1) is 0 Å². The van der Waals surface area contributed by atoms with Crippen molar-refractivity contribution in [3.05, 3.63) is 0 Å². The summed E-state index contributed by atoms with van der Waals surface area (Å²) in [5, 5.41) is 9.12. The number of guanidine groups is 1. The zero-order valence-electron chi connectivity index (χ0n) is 14.7. The van der Waals surface area contributed by atoms with E-state index in [1.807, 2.05) is 6.92 Å². The van der Waals surface area contributed by atoms with Crippen LogP contribution in [-0.4, -0.2) is 68.8 Å². The minimum atomic E-state index is -4.14. The molecule has 144 valence electrons. The van der Waals surface area contributed by atoms with Crippen LogP contribution in [0.4, 0.5) is 13.2 Å². The van der Waals surface area contributed by atoms with Crippen molar-refractivity contribution in [2.75, 3.05) is 45.8 Å². The lowest BCUT2D eigenvalue weighted by Crippen LogP contribution is -2.42. The second-order valence-electron chi connectivity index (χ2n) is 6.72. The van der Waals surface area contributed by atoms with E-state index in [9.17, 15) is 18.0 Å². The van der Waals surface area contributed by atoms with Gasteiger partial charge in [0, 0.05) is 38.6 Å². The van der Waals surface area contributed by atoms with Gasteiger partial charge in [0.05, 0.1) is 6.54 Å². The third-order valence-corrected chi connectivity index (χ3v) is 4.29. The van der Waals surface area contributed by atoms with Crippen LogP contribution in [0.3, 0.4) is 0 Å². The van der Waals surface area contributed by atoms with Crippen molar-refractivity contribution in [2.24, 2.45) is 16.8 Å². The molecule has 0 aromatic rings. The third kappa shape index (κ3) is 7.94. The molecule has 1 aliphatic carbocycles. The van der Waals surface area contributed by atoms with Gasteiger partial charge in [0.25, 0.3) is 0 Å². The molecule has 1 aliphatic heterocycles. The summed E-state index contributed by atoms with van der Waals surface area (Å²) < 4.78 is 37.2. The first-order valence-corrected chi connectivity index (χ1v) is 8.96. The molecule has 6 nitrogen and oxygen atoms in total. The highest BCUT2D eigenvalue weighted by molar-refractivity contribution is 5.81. The van der Waals surface area contributed by atoms with Crippen LogP contribution in [0.15, 0.2) is 4.99 Å². The molecule has 25 heavy (non-hydrogen) atoms. The van der Waals surface area contributed by atoms with E-state index >= 15 is 0 Å². The molecule has 2 fully saturated rings. The highest BCUT2D eigenvalue weighted by Crippen LogP contribution is 2.28. The zero-order chi connectivity index (χ0) is 18.3. The van der Waals surface area contributed by atoms with Gasteiger partial charge in [-0.05, 0) is 38.6 Å². The normalized spacial score (nSPS) is 22.1. The molecule has 0 aromatic heterocycles. The van der Waals surface area contributed by atoms with Crippen LogP contribution in [0.2, 0.25) is 0 Å². The Bertz CT molecular complexity index is 465. The van der Waals surface area contributed by atoms with Gasteiger partial charge in [-0.25, -0.2) is 0 Å². The predicted octanol–water partition coefficient (Wildman–Crippen LogP) is 0.952. The first-order chi connectivity index (χ1) is 11.9. The summed E-state index contributed by atoms with van der Waals surface area (Å²) in [7, 11) is 0. The maximum Gasteiger partial charge on any atom is 0.401 e. The van der Waals surface area contributed by atoms with E-state index in [1.54, 1.807) is 0 Å². The van der Waals surface area contributed by atoms with Gasteiger partial charge in [-0.3, -0.25) is 14.7 Å². The number of likely N-dealkylation sites (tertiary alicyclic amines) is 1. The van der Waals surface area contributed by atoms with Crippen molar-refractivity contribution in [1.82, 2.24) is 20.9 Å². The second-order valence-corrected chi connectivity index (χ2v) is 6.72. The molecule has 0 aromatic carbocycles. The first-order valence-electron chi connectivity index (χ1n) is 8.96. The van der Waals surface area contributed by atoms with Crippen LogP contribution in [-0.2, 0) is 4.79 Å². The minimum Gasteiger partial charge on any atom is -0.357 e. The second kappa shape index (κ2) is 9.26. The number of nitrogens with one attached hydrogen (secondary N) is 3. The molecule has 3 N–H and O–H groups in total. The van der Waals surface area contributed by atoms with Crippen LogP contribution >= 0.6 is 0 Å². The predicted molar refractivity (Wildman–Crippen MR) is 90.3 cm³/mol. The molecule has 2 rings (SSSR count). The lowest BCUT2D eigenvalue weighted by Gasteiger charge is -2.17. The van der Waals surface area contributed by atoms with Gasteiger partial charge < -0.3 is 16.0 Å². The van der Waals surface area contributed by atoms with E-state index in [0.717, 1.165) is 19.3 Å². The third-order valence-electron chi connectivity index (χ3n) is 4.29. The van der Waals surface area contributed by atoms with Gasteiger partial charge >= 0.3 is 6.18 Å². The number of rotatable bonds is 8. The average Bonchev–Trinajstić information content (AvgIpc) is 3.29. The molecule has 1 heterocycles. The molecule has 2 aliphatic rings. The van der Waals surface area contributed by atoms with Crippen molar-refractivity contribution in [3.8, 4) is 0 Å². The fourth-order valence-corrected chi connectivity index (χ4v) is 2.88. The topological polar surface area (TPSA) is 68.8 Å². The van der Waals surface area contributed by atoms with Gasteiger partial charge in [0.1, 0.15) is 0 Å². The van der Waals surface area contributed by atoms with Crippen LogP contribution in [0.5, 0.6) is 0 Å². The molecular formula is C16H28F3N5O. The van der Waals surface area contributed by atoms with Gasteiger partial charge in [0.15, 0.2) is 5.96 Å². The number of nitrogens with zero attached hydrogens (tertiary/aromatic N) is 2. The monoisotopic (exact) mass is 363 g/mol. The Labute approximate surface area is 146 Å². The van der Waals surface area contributed by atoms with E-state index < -0.39 is 12.7 Å². The first kappa shape index (κ1) is 19.8.